The van der Waals surface area contributed by atoms with Gasteiger partial charge >= 0.3 is 0 Å². The summed E-state index contributed by atoms with van der Waals surface area (Å²) in [6.07, 6.45) is 1.76. The molecule has 0 aliphatic carbocycles. The maximum absolute atomic E-state index is 13.1. The molecule has 5 heteroatoms. The standard InChI is InChI=1S/C23H23N3O2/c1-15-3-4-18(11-16(15)2)23(27)26-9-10-28-21-7-5-17(12-20(21)14-26)19-6-8-22(24)25-13-19/h3-8,11-13H,9-10,14H2,1-2H3,(H2,24,25). The molecule has 28 heavy (non-hydrogen) atoms. The second kappa shape index (κ2) is 7.35. The molecule has 0 unspecified atom stereocenters. The number of aromatic nitrogens is 1. The first kappa shape index (κ1) is 18.0. The quantitative estimate of drug-likeness (QED) is 0.738. The number of anilines is 1. The van der Waals surface area contributed by atoms with Gasteiger partial charge in [0.15, 0.2) is 0 Å². The van der Waals surface area contributed by atoms with E-state index < -0.39 is 0 Å². The van der Waals surface area contributed by atoms with Crippen molar-refractivity contribution in [1.82, 2.24) is 9.88 Å². The van der Waals surface area contributed by atoms with E-state index in [4.69, 9.17) is 10.5 Å². The minimum absolute atomic E-state index is 0.0269. The number of nitrogens with two attached hydrogens (primary N) is 1. The number of pyridine rings is 1. The molecule has 1 aliphatic heterocycles. The fraction of sp³-hybridized carbons (Fsp3) is 0.217. The highest BCUT2D eigenvalue weighted by molar-refractivity contribution is 5.94. The Bertz CT molecular complexity index is 1030. The lowest BCUT2D eigenvalue weighted by Crippen LogP contribution is -2.32. The molecule has 1 aromatic heterocycles. The molecule has 0 atom stereocenters. The normalized spacial score (nSPS) is 13.4. The maximum Gasteiger partial charge on any atom is 0.254 e. The number of ether oxygens (including phenoxy) is 1. The number of aryl methyl sites for hydroxylation is 2. The number of nitrogens with zero attached hydrogens (tertiary/aromatic N) is 2. The van der Waals surface area contributed by atoms with Gasteiger partial charge < -0.3 is 15.4 Å². The van der Waals surface area contributed by atoms with Crippen LogP contribution in [0.2, 0.25) is 0 Å². The molecular weight excluding hydrogens is 350 g/mol. The monoisotopic (exact) mass is 373 g/mol. The molecule has 0 saturated carbocycles. The van der Waals surface area contributed by atoms with Crippen molar-refractivity contribution < 1.29 is 9.53 Å². The first-order valence-electron chi connectivity index (χ1n) is 9.35. The SMILES string of the molecule is Cc1ccc(C(=O)N2CCOc3ccc(-c4ccc(N)nc4)cc3C2)cc1C. The van der Waals surface area contributed by atoms with Crippen molar-refractivity contribution >= 4 is 11.7 Å². The van der Waals surface area contributed by atoms with Gasteiger partial charge in [-0.25, -0.2) is 4.98 Å². The largest absolute Gasteiger partial charge is 0.491 e. The maximum atomic E-state index is 13.1. The Kier molecular flexibility index (Phi) is 4.74. The molecule has 0 bridgehead atoms. The van der Waals surface area contributed by atoms with Crippen LogP contribution in [0.25, 0.3) is 11.1 Å². The second-order valence-electron chi connectivity index (χ2n) is 7.17. The first-order valence-corrected chi connectivity index (χ1v) is 9.35. The molecule has 0 spiro atoms. The first-order chi connectivity index (χ1) is 13.5. The smallest absolute Gasteiger partial charge is 0.254 e. The van der Waals surface area contributed by atoms with Gasteiger partial charge in [0.05, 0.1) is 6.54 Å². The van der Waals surface area contributed by atoms with Crippen molar-refractivity contribution in [2.24, 2.45) is 0 Å². The summed E-state index contributed by atoms with van der Waals surface area (Å²) >= 11 is 0. The van der Waals surface area contributed by atoms with Gasteiger partial charge in [-0.3, -0.25) is 4.79 Å². The van der Waals surface area contributed by atoms with Crippen LogP contribution in [0.1, 0.15) is 27.0 Å². The van der Waals surface area contributed by atoms with E-state index in [1.807, 2.05) is 55.1 Å². The van der Waals surface area contributed by atoms with Crippen LogP contribution in [-0.4, -0.2) is 28.9 Å². The van der Waals surface area contributed by atoms with Gasteiger partial charge in [-0.15, -0.1) is 0 Å². The summed E-state index contributed by atoms with van der Waals surface area (Å²) in [5, 5.41) is 0. The Morgan fingerprint density at radius 3 is 2.61 bits per heavy atom. The minimum Gasteiger partial charge on any atom is -0.491 e. The summed E-state index contributed by atoms with van der Waals surface area (Å²) in [5.41, 5.74) is 11.7. The third kappa shape index (κ3) is 3.56. The number of rotatable bonds is 2. The average Bonchev–Trinajstić information content (AvgIpc) is 2.92. The highest BCUT2D eigenvalue weighted by Crippen LogP contribution is 2.30. The summed E-state index contributed by atoms with van der Waals surface area (Å²) in [5.74, 6) is 1.34. The molecule has 1 amide bonds. The van der Waals surface area contributed by atoms with Crippen LogP contribution in [0.15, 0.2) is 54.7 Å². The fourth-order valence-corrected chi connectivity index (χ4v) is 3.38. The zero-order valence-corrected chi connectivity index (χ0v) is 16.1. The predicted molar refractivity (Wildman–Crippen MR) is 110 cm³/mol. The summed E-state index contributed by atoms with van der Waals surface area (Å²) in [6.45, 7) is 5.62. The number of nitrogen functional groups attached to an aromatic ring is 1. The molecule has 0 saturated heterocycles. The van der Waals surface area contributed by atoms with Gasteiger partial charge in [-0.1, -0.05) is 12.1 Å². The molecule has 142 valence electrons. The van der Waals surface area contributed by atoms with Crippen LogP contribution in [0.4, 0.5) is 5.82 Å². The highest BCUT2D eigenvalue weighted by atomic mass is 16.5. The lowest BCUT2D eigenvalue weighted by atomic mass is 10.0. The average molecular weight is 373 g/mol. The Hall–Kier alpha value is -3.34. The molecule has 0 fully saturated rings. The van der Waals surface area contributed by atoms with Crippen LogP contribution in [0.5, 0.6) is 5.75 Å². The van der Waals surface area contributed by atoms with Crippen molar-refractivity contribution in [1.29, 1.82) is 0 Å². The predicted octanol–water partition coefficient (Wildman–Crippen LogP) is 3.98. The topological polar surface area (TPSA) is 68.5 Å². The highest BCUT2D eigenvalue weighted by Gasteiger charge is 2.22. The van der Waals surface area contributed by atoms with E-state index in [-0.39, 0.29) is 5.91 Å². The van der Waals surface area contributed by atoms with E-state index in [9.17, 15) is 4.79 Å². The van der Waals surface area contributed by atoms with Gasteiger partial charge in [0.25, 0.3) is 5.91 Å². The van der Waals surface area contributed by atoms with Crippen LogP contribution in [0, 0.1) is 13.8 Å². The molecule has 2 heterocycles. The van der Waals surface area contributed by atoms with Crippen molar-refractivity contribution in [2.75, 3.05) is 18.9 Å². The Labute approximate surface area is 164 Å². The fourth-order valence-electron chi connectivity index (χ4n) is 3.38. The number of fused-ring (bicyclic) bond motifs is 1. The summed E-state index contributed by atoms with van der Waals surface area (Å²) in [6, 6.07) is 15.6. The molecule has 1 aliphatic rings. The third-order valence-corrected chi connectivity index (χ3v) is 5.20. The Balaban J connectivity index is 1.63. The summed E-state index contributed by atoms with van der Waals surface area (Å²) in [4.78, 5) is 19.1. The van der Waals surface area contributed by atoms with Gasteiger partial charge in [-0.2, -0.15) is 0 Å². The number of amides is 1. The van der Waals surface area contributed by atoms with E-state index in [0.29, 0.717) is 31.1 Å². The number of benzene rings is 2. The molecule has 0 radical (unpaired) electrons. The van der Waals surface area contributed by atoms with E-state index in [1.54, 1.807) is 12.3 Å². The summed E-state index contributed by atoms with van der Waals surface area (Å²) < 4.78 is 5.89. The molecule has 4 rings (SSSR count). The van der Waals surface area contributed by atoms with E-state index in [0.717, 1.165) is 28.0 Å². The van der Waals surface area contributed by atoms with Crippen molar-refractivity contribution in [3.63, 3.8) is 0 Å². The molecular formula is C23H23N3O2. The lowest BCUT2D eigenvalue weighted by Gasteiger charge is -2.20. The second-order valence-corrected chi connectivity index (χ2v) is 7.17. The molecule has 3 aromatic rings. The van der Waals surface area contributed by atoms with Crippen molar-refractivity contribution in [2.45, 2.75) is 20.4 Å². The van der Waals surface area contributed by atoms with Crippen LogP contribution in [0.3, 0.4) is 0 Å². The summed E-state index contributed by atoms with van der Waals surface area (Å²) in [7, 11) is 0. The lowest BCUT2D eigenvalue weighted by molar-refractivity contribution is 0.0733. The van der Waals surface area contributed by atoms with E-state index in [2.05, 4.69) is 11.1 Å². The molecule has 5 nitrogen and oxygen atoms in total. The van der Waals surface area contributed by atoms with E-state index in [1.165, 1.54) is 5.56 Å². The third-order valence-electron chi connectivity index (χ3n) is 5.20. The zero-order valence-electron chi connectivity index (χ0n) is 16.1. The number of hydrogen-bond acceptors (Lipinski definition) is 4. The minimum atomic E-state index is 0.0269. The van der Waals surface area contributed by atoms with Crippen LogP contribution in [-0.2, 0) is 6.54 Å². The van der Waals surface area contributed by atoms with Crippen molar-refractivity contribution in [3.05, 3.63) is 77.0 Å². The zero-order chi connectivity index (χ0) is 19.7. The number of hydrogen-bond donors (Lipinski definition) is 1. The van der Waals surface area contributed by atoms with Gasteiger partial charge in [0, 0.05) is 29.4 Å². The molecule has 2 N–H and O–H groups in total. The van der Waals surface area contributed by atoms with E-state index >= 15 is 0 Å². The van der Waals surface area contributed by atoms with Gasteiger partial charge in [-0.05, 0) is 66.9 Å². The van der Waals surface area contributed by atoms with Gasteiger partial charge in [0.2, 0.25) is 0 Å². The van der Waals surface area contributed by atoms with Crippen molar-refractivity contribution in [3.8, 4) is 16.9 Å². The molecule has 2 aromatic carbocycles. The Morgan fingerprint density at radius 2 is 1.86 bits per heavy atom. The number of carbonyl (C=O) groups excluding carboxylic acids is 1. The van der Waals surface area contributed by atoms with Gasteiger partial charge in [0.1, 0.15) is 18.2 Å². The van der Waals surface area contributed by atoms with Crippen LogP contribution >= 0.6 is 0 Å². The van der Waals surface area contributed by atoms with Crippen LogP contribution < -0.4 is 10.5 Å². The number of carbonyl (C=O) groups is 1. The Morgan fingerprint density at radius 1 is 1.04 bits per heavy atom.